The van der Waals surface area contributed by atoms with Gasteiger partial charge in [0.2, 0.25) is 0 Å². The monoisotopic (exact) mass is 762 g/mol. The maximum absolute atomic E-state index is 2.79. The van der Waals surface area contributed by atoms with Gasteiger partial charge in [0.05, 0.1) is 0 Å². The SMILES string of the molecule is c1ccc(N2c3cccc4c3B(c3ccc5c(c3N4c3ccccc3)C3CCCCC3C53C4CCC3CC4)c3c2ccc2c3-c3ccccc3C23C2CCC3CC2)cc1. The molecule has 5 fully saturated rings. The van der Waals surface area contributed by atoms with Crippen molar-refractivity contribution < 1.29 is 0 Å². The number of hydrogen-bond donors (Lipinski definition) is 0. The lowest BCUT2D eigenvalue weighted by atomic mass is 9.32. The number of benzene rings is 6. The van der Waals surface area contributed by atoms with Gasteiger partial charge >= 0.3 is 0 Å². The van der Waals surface area contributed by atoms with E-state index in [9.17, 15) is 0 Å². The van der Waals surface area contributed by atoms with Crippen LogP contribution in [-0.2, 0) is 10.8 Å². The van der Waals surface area contributed by atoms with E-state index < -0.39 is 0 Å². The molecule has 9 aliphatic rings. The molecule has 5 saturated carbocycles. The molecular weight excluding hydrogens is 711 g/mol. The van der Waals surface area contributed by atoms with Crippen LogP contribution in [0.1, 0.15) is 105 Å². The molecule has 0 saturated heterocycles. The van der Waals surface area contributed by atoms with Crippen molar-refractivity contribution in [2.24, 2.45) is 29.6 Å². The van der Waals surface area contributed by atoms with E-state index in [2.05, 4.69) is 137 Å². The minimum absolute atomic E-state index is 0.146. The van der Waals surface area contributed by atoms with Crippen LogP contribution in [0.25, 0.3) is 11.1 Å². The predicted octanol–water partition coefficient (Wildman–Crippen LogP) is 12.2. The molecular formula is C56H51BN2. The van der Waals surface area contributed by atoms with Crippen molar-refractivity contribution in [1.29, 1.82) is 0 Å². The first-order chi connectivity index (χ1) is 29.3. The lowest BCUT2D eigenvalue weighted by molar-refractivity contribution is 0.152. The fraction of sp³-hybridized carbons (Fsp3) is 0.357. The Hall–Kier alpha value is -5.02. The van der Waals surface area contributed by atoms with Crippen LogP contribution < -0.4 is 26.2 Å². The molecule has 3 heteroatoms. The fourth-order valence-corrected chi connectivity index (χ4v) is 17.3. The maximum Gasteiger partial charge on any atom is 0.252 e. The van der Waals surface area contributed by atoms with Gasteiger partial charge in [0, 0.05) is 45.0 Å². The maximum atomic E-state index is 2.79. The number of fused-ring (bicyclic) bond motifs is 12. The molecule has 15 rings (SSSR count). The molecule has 0 N–H and O–H groups in total. The summed E-state index contributed by atoms with van der Waals surface area (Å²) in [6.45, 7) is 0.146. The molecule has 0 amide bonds. The highest BCUT2D eigenvalue weighted by Crippen LogP contribution is 2.73. The van der Waals surface area contributed by atoms with Gasteiger partial charge in [-0.15, -0.1) is 0 Å². The summed E-state index contributed by atoms with van der Waals surface area (Å²) in [6, 6.07) is 50.6. The summed E-state index contributed by atoms with van der Waals surface area (Å²) in [5.41, 5.74) is 23.2. The quantitative estimate of drug-likeness (QED) is 0.162. The molecule has 0 radical (unpaired) electrons. The standard InChI is InChI=1S/C56H51BN2/c1-3-12-38(13-4-1)58-47-20-11-21-48-52(47)57(53-49(58)33-31-44-50(53)40-16-7-9-18-42(40)55(44)34-22-23-35(55)25-24-34)46-32-30-45-51(54(46)59(48)39-14-5-2-6-15-39)41-17-8-10-19-43(41)56(45)36-26-27-37(56)29-28-36/h1-7,9,11-16,18,20-21,30-37,41,43H,8,10,17,19,22-29H2. The van der Waals surface area contributed by atoms with Gasteiger partial charge in [-0.2, -0.15) is 0 Å². The number of rotatable bonds is 2. The molecule has 2 nitrogen and oxygen atoms in total. The van der Waals surface area contributed by atoms with Crippen molar-refractivity contribution in [2.45, 2.75) is 93.8 Å². The van der Waals surface area contributed by atoms with Gasteiger partial charge in [-0.05, 0) is 192 Å². The molecule has 2 aliphatic heterocycles. The number of hydrogen-bond acceptors (Lipinski definition) is 2. The molecule has 4 bridgehead atoms. The van der Waals surface area contributed by atoms with Crippen LogP contribution in [0.15, 0.2) is 127 Å². The Bertz CT molecular complexity index is 2730. The van der Waals surface area contributed by atoms with Gasteiger partial charge in [-0.25, -0.2) is 0 Å². The minimum Gasteiger partial charge on any atom is -0.311 e. The molecule has 2 atom stereocenters. The first-order valence-corrected chi connectivity index (χ1v) is 23.6. The summed E-state index contributed by atoms with van der Waals surface area (Å²) >= 11 is 0. The van der Waals surface area contributed by atoms with E-state index in [0.29, 0.717) is 11.3 Å². The zero-order chi connectivity index (χ0) is 38.2. The van der Waals surface area contributed by atoms with E-state index in [1.807, 2.05) is 0 Å². The van der Waals surface area contributed by atoms with Gasteiger partial charge in [-0.3, -0.25) is 0 Å². The van der Waals surface area contributed by atoms with E-state index in [1.54, 1.807) is 44.4 Å². The van der Waals surface area contributed by atoms with Crippen LogP contribution in [0.4, 0.5) is 34.1 Å². The van der Waals surface area contributed by atoms with Gasteiger partial charge in [0.25, 0.3) is 6.71 Å². The van der Waals surface area contributed by atoms with Crippen molar-refractivity contribution >= 4 is 57.2 Å². The normalized spacial score (nSPS) is 31.6. The summed E-state index contributed by atoms with van der Waals surface area (Å²) in [7, 11) is 0. The van der Waals surface area contributed by atoms with E-state index in [1.165, 1.54) is 117 Å². The van der Waals surface area contributed by atoms with Crippen LogP contribution in [0.5, 0.6) is 0 Å². The zero-order valence-corrected chi connectivity index (χ0v) is 34.0. The molecule has 7 aliphatic carbocycles. The summed E-state index contributed by atoms with van der Waals surface area (Å²) in [5.74, 6) is 4.64. The highest BCUT2D eigenvalue weighted by Gasteiger charge is 2.66. The number of para-hydroxylation sites is 2. The molecule has 59 heavy (non-hydrogen) atoms. The molecule has 6 aromatic carbocycles. The third-order valence-electron chi connectivity index (χ3n) is 18.8. The van der Waals surface area contributed by atoms with Crippen LogP contribution >= 0.6 is 0 Å². The number of anilines is 6. The molecule has 6 aromatic rings. The fourth-order valence-electron chi connectivity index (χ4n) is 17.3. The van der Waals surface area contributed by atoms with Crippen LogP contribution in [0.2, 0.25) is 0 Å². The first-order valence-electron chi connectivity index (χ1n) is 23.6. The average molecular weight is 763 g/mol. The Morgan fingerprint density at radius 3 is 1.78 bits per heavy atom. The summed E-state index contributed by atoms with van der Waals surface area (Å²) in [4.78, 5) is 5.43. The van der Waals surface area contributed by atoms with E-state index >= 15 is 0 Å². The van der Waals surface area contributed by atoms with Gasteiger partial charge in [0.15, 0.2) is 0 Å². The largest absolute Gasteiger partial charge is 0.311 e. The molecule has 2 heterocycles. The van der Waals surface area contributed by atoms with Crippen molar-refractivity contribution in [3.05, 3.63) is 150 Å². The lowest BCUT2D eigenvalue weighted by Gasteiger charge is -2.46. The Kier molecular flexibility index (Phi) is 6.35. The second-order valence-electron chi connectivity index (χ2n) is 20.3. The third kappa shape index (κ3) is 3.70. The van der Waals surface area contributed by atoms with E-state index in [0.717, 1.165) is 29.6 Å². The van der Waals surface area contributed by atoms with Gasteiger partial charge in [-0.1, -0.05) is 97.8 Å². The average Bonchev–Trinajstić information content (AvgIpc) is 4.16. The lowest BCUT2D eigenvalue weighted by Crippen LogP contribution is -2.62. The Morgan fingerprint density at radius 1 is 0.458 bits per heavy atom. The zero-order valence-electron chi connectivity index (χ0n) is 34.0. The second-order valence-corrected chi connectivity index (χ2v) is 20.3. The Labute approximate surface area is 349 Å². The van der Waals surface area contributed by atoms with Gasteiger partial charge < -0.3 is 9.80 Å². The topological polar surface area (TPSA) is 6.48 Å². The predicted molar refractivity (Wildman–Crippen MR) is 244 cm³/mol. The highest BCUT2D eigenvalue weighted by atomic mass is 15.2. The van der Waals surface area contributed by atoms with Crippen molar-refractivity contribution in [2.75, 3.05) is 9.80 Å². The summed E-state index contributed by atoms with van der Waals surface area (Å²) in [5, 5.41) is 0. The van der Waals surface area contributed by atoms with Crippen molar-refractivity contribution in [1.82, 2.24) is 0 Å². The van der Waals surface area contributed by atoms with Gasteiger partial charge in [0.1, 0.15) is 0 Å². The molecule has 0 aromatic heterocycles. The minimum atomic E-state index is 0.146. The highest BCUT2D eigenvalue weighted by molar-refractivity contribution is 7.01. The van der Waals surface area contributed by atoms with Crippen molar-refractivity contribution in [3.63, 3.8) is 0 Å². The van der Waals surface area contributed by atoms with E-state index in [-0.39, 0.29) is 12.1 Å². The molecule has 2 spiro atoms. The first kappa shape index (κ1) is 32.8. The molecule has 288 valence electrons. The summed E-state index contributed by atoms with van der Waals surface area (Å²) < 4.78 is 0. The third-order valence-corrected chi connectivity index (χ3v) is 18.8. The second kappa shape index (κ2) is 11.4. The van der Waals surface area contributed by atoms with Crippen LogP contribution in [-0.4, -0.2) is 6.71 Å². The number of nitrogens with zero attached hydrogens (tertiary/aromatic N) is 2. The Balaban J connectivity index is 1.09. The Morgan fingerprint density at radius 2 is 1.05 bits per heavy atom. The van der Waals surface area contributed by atoms with Crippen LogP contribution in [0, 0.1) is 29.6 Å². The van der Waals surface area contributed by atoms with Crippen LogP contribution in [0.3, 0.4) is 0 Å². The smallest absolute Gasteiger partial charge is 0.252 e. The van der Waals surface area contributed by atoms with E-state index in [4.69, 9.17) is 0 Å². The molecule has 2 unspecified atom stereocenters. The van der Waals surface area contributed by atoms with Crippen molar-refractivity contribution in [3.8, 4) is 11.1 Å². The summed E-state index contributed by atoms with van der Waals surface area (Å²) in [6.07, 6.45) is 16.8.